The minimum atomic E-state index is -4.52. The van der Waals surface area contributed by atoms with E-state index in [-0.39, 0.29) is 11.3 Å². The number of imidazole rings is 1. The van der Waals surface area contributed by atoms with E-state index in [0.717, 1.165) is 29.5 Å². The number of pyridine rings is 1. The fraction of sp³-hybridized carbons (Fsp3) is 0.385. The number of rotatable bonds is 4. The maximum absolute atomic E-state index is 12.7. The number of aromatic nitrogens is 2. The molecule has 0 spiro atoms. The fourth-order valence-corrected chi connectivity index (χ4v) is 2.01. The highest BCUT2D eigenvalue weighted by Gasteiger charge is 2.31. The predicted octanol–water partition coefficient (Wildman–Crippen LogP) is 3.39. The Kier molecular flexibility index (Phi) is 3.69. The molecule has 0 aliphatic rings. The third-order valence-electron chi connectivity index (χ3n) is 2.99. The smallest absolute Gasteiger partial charge is 0.417 e. The Morgan fingerprint density at radius 1 is 1.40 bits per heavy atom. The molecule has 2 aromatic rings. The number of hydrogen-bond acceptors (Lipinski definition) is 2. The van der Waals surface area contributed by atoms with Gasteiger partial charge in [-0.1, -0.05) is 13.3 Å². The SMILES string of the molecule is CCCCc1nc2ccc(C(F)(F)F)cn2c1C(=O)O. The summed E-state index contributed by atoms with van der Waals surface area (Å²) >= 11 is 0. The van der Waals surface area contributed by atoms with Crippen LogP contribution in [-0.4, -0.2) is 20.5 Å². The Labute approximate surface area is 112 Å². The van der Waals surface area contributed by atoms with Gasteiger partial charge in [0, 0.05) is 6.20 Å². The molecular weight excluding hydrogens is 273 g/mol. The van der Waals surface area contributed by atoms with Crippen LogP contribution in [0.5, 0.6) is 0 Å². The first-order chi connectivity index (χ1) is 9.34. The number of hydrogen-bond donors (Lipinski definition) is 1. The monoisotopic (exact) mass is 286 g/mol. The van der Waals surface area contributed by atoms with Gasteiger partial charge in [-0.05, 0) is 25.0 Å². The van der Waals surface area contributed by atoms with Crippen molar-refractivity contribution in [3.63, 3.8) is 0 Å². The molecule has 2 rings (SSSR count). The van der Waals surface area contributed by atoms with E-state index >= 15 is 0 Å². The lowest BCUT2D eigenvalue weighted by molar-refractivity contribution is -0.137. The lowest BCUT2D eigenvalue weighted by Gasteiger charge is -2.07. The molecule has 108 valence electrons. The molecule has 0 unspecified atom stereocenters. The molecule has 4 nitrogen and oxygen atoms in total. The standard InChI is InChI=1S/C13H13F3N2O2/c1-2-3-4-9-11(12(19)20)18-7-8(13(14,15)16)5-6-10(18)17-9/h5-7H,2-4H2,1H3,(H,19,20). The lowest BCUT2D eigenvalue weighted by atomic mass is 10.1. The molecule has 0 amide bonds. The van der Waals surface area contributed by atoms with Crippen molar-refractivity contribution in [3.8, 4) is 0 Å². The van der Waals surface area contributed by atoms with Gasteiger partial charge in [-0.25, -0.2) is 9.78 Å². The Bertz CT molecular complexity index is 647. The van der Waals surface area contributed by atoms with Crippen LogP contribution in [0.25, 0.3) is 5.65 Å². The second-order valence-corrected chi connectivity index (χ2v) is 4.46. The number of unbranched alkanes of at least 4 members (excludes halogenated alkanes) is 1. The zero-order valence-corrected chi connectivity index (χ0v) is 10.7. The molecule has 0 bridgehead atoms. The molecule has 0 radical (unpaired) electrons. The summed E-state index contributed by atoms with van der Waals surface area (Å²) in [4.78, 5) is 15.4. The summed E-state index contributed by atoms with van der Waals surface area (Å²) < 4.78 is 39.0. The van der Waals surface area contributed by atoms with Gasteiger partial charge in [0.15, 0.2) is 5.69 Å². The second kappa shape index (κ2) is 5.15. The minimum absolute atomic E-state index is 0.195. The quantitative estimate of drug-likeness (QED) is 0.937. The van der Waals surface area contributed by atoms with Crippen LogP contribution < -0.4 is 0 Å². The Morgan fingerprint density at radius 3 is 2.65 bits per heavy atom. The highest BCUT2D eigenvalue weighted by atomic mass is 19.4. The molecule has 7 heteroatoms. The van der Waals surface area contributed by atoms with E-state index in [0.29, 0.717) is 12.1 Å². The van der Waals surface area contributed by atoms with Crippen LogP contribution >= 0.6 is 0 Å². The van der Waals surface area contributed by atoms with E-state index in [1.807, 2.05) is 6.92 Å². The van der Waals surface area contributed by atoms with Crippen molar-refractivity contribution < 1.29 is 23.1 Å². The summed E-state index contributed by atoms with van der Waals surface area (Å²) in [6.07, 6.45) is -1.72. The third kappa shape index (κ3) is 2.61. The van der Waals surface area contributed by atoms with Gasteiger partial charge in [-0.15, -0.1) is 0 Å². The number of fused-ring (bicyclic) bond motifs is 1. The number of carboxylic acids is 1. The molecule has 0 aliphatic carbocycles. The van der Waals surface area contributed by atoms with E-state index in [9.17, 15) is 23.1 Å². The van der Waals surface area contributed by atoms with E-state index in [4.69, 9.17) is 0 Å². The first kappa shape index (κ1) is 14.4. The Hall–Kier alpha value is -2.05. The van der Waals surface area contributed by atoms with Crippen LogP contribution in [0.3, 0.4) is 0 Å². The zero-order chi connectivity index (χ0) is 14.9. The minimum Gasteiger partial charge on any atom is -0.477 e. The zero-order valence-electron chi connectivity index (χ0n) is 10.7. The third-order valence-corrected chi connectivity index (χ3v) is 2.99. The molecule has 0 aliphatic heterocycles. The molecule has 0 atom stereocenters. The second-order valence-electron chi connectivity index (χ2n) is 4.46. The van der Waals surface area contributed by atoms with Gasteiger partial charge in [-0.2, -0.15) is 13.2 Å². The van der Waals surface area contributed by atoms with Gasteiger partial charge >= 0.3 is 12.1 Å². The summed E-state index contributed by atoms with van der Waals surface area (Å²) in [5.74, 6) is -1.28. The molecule has 20 heavy (non-hydrogen) atoms. The maximum atomic E-state index is 12.7. The molecule has 1 N–H and O–H groups in total. The Morgan fingerprint density at radius 2 is 2.10 bits per heavy atom. The summed E-state index contributed by atoms with van der Waals surface area (Å²) in [6, 6.07) is 2.09. The highest BCUT2D eigenvalue weighted by molar-refractivity contribution is 5.88. The fourth-order valence-electron chi connectivity index (χ4n) is 2.01. The normalized spacial score (nSPS) is 12.0. The summed E-state index contributed by atoms with van der Waals surface area (Å²) in [7, 11) is 0. The van der Waals surface area contributed by atoms with Crippen LogP contribution in [0.2, 0.25) is 0 Å². The van der Waals surface area contributed by atoms with E-state index < -0.39 is 17.7 Å². The average molecular weight is 286 g/mol. The molecule has 0 saturated heterocycles. The van der Waals surface area contributed by atoms with Crippen molar-refractivity contribution in [2.75, 3.05) is 0 Å². The number of nitrogens with zero attached hydrogens (tertiary/aromatic N) is 2. The van der Waals surface area contributed by atoms with Crippen LogP contribution in [0, 0.1) is 0 Å². The van der Waals surface area contributed by atoms with Crippen molar-refractivity contribution in [1.29, 1.82) is 0 Å². The summed E-state index contributed by atoms with van der Waals surface area (Å²) in [5.41, 5.74) is -0.563. The number of carboxylic acid groups (broad SMARTS) is 1. The van der Waals surface area contributed by atoms with E-state index in [1.54, 1.807) is 0 Å². The summed E-state index contributed by atoms with van der Waals surface area (Å²) in [5, 5.41) is 9.20. The maximum Gasteiger partial charge on any atom is 0.417 e. The molecule has 0 fully saturated rings. The Balaban J connectivity index is 2.61. The van der Waals surface area contributed by atoms with E-state index in [2.05, 4.69) is 4.98 Å². The van der Waals surface area contributed by atoms with Crippen molar-refractivity contribution in [1.82, 2.24) is 9.38 Å². The van der Waals surface area contributed by atoms with Crippen LogP contribution in [0.1, 0.15) is 41.5 Å². The number of halogens is 3. The van der Waals surface area contributed by atoms with Crippen LogP contribution in [0.4, 0.5) is 13.2 Å². The van der Waals surface area contributed by atoms with Crippen LogP contribution in [-0.2, 0) is 12.6 Å². The van der Waals surface area contributed by atoms with Crippen LogP contribution in [0.15, 0.2) is 18.3 Å². The molecule has 0 aromatic carbocycles. The van der Waals surface area contributed by atoms with Crippen molar-refractivity contribution in [2.45, 2.75) is 32.4 Å². The average Bonchev–Trinajstić information content (AvgIpc) is 2.72. The van der Waals surface area contributed by atoms with Gasteiger partial charge in [0.1, 0.15) is 5.65 Å². The largest absolute Gasteiger partial charge is 0.477 e. The van der Waals surface area contributed by atoms with Crippen molar-refractivity contribution >= 4 is 11.6 Å². The number of carbonyl (C=O) groups is 1. The van der Waals surface area contributed by atoms with Gasteiger partial charge in [0.25, 0.3) is 0 Å². The predicted molar refractivity (Wildman–Crippen MR) is 65.8 cm³/mol. The summed E-state index contributed by atoms with van der Waals surface area (Å²) in [6.45, 7) is 1.94. The van der Waals surface area contributed by atoms with Gasteiger partial charge in [0.2, 0.25) is 0 Å². The first-order valence-corrected chi connectivity index (χ1v) is 6.16. The molecule has 2 heterocycles. The van der Waals surface area contributed by atoms with Gasteiger partial charge in [0.05, 0.1) is 11.3 Å². The molecule has 2 aromatic heterocycles. The van der Waals surface area contributed by atoms with Crippen molar-refractivity contribution in [2.24, 2.45) is 0 Å². The molecule has 0 saturated carbocycles. The number of alkyl halides is 3. The van der Waals surface area contributed by atoms with Crippen molar-refractivity contribution in [3.05, 3.63) is 35.3 Å². The van der Waals surface area contributed by atoms with E-state index in [1.165, 1.54) is 6.07 Å². The lowest BCUT2D eigenvalue weighted by Crippen LogP contribution is -2.09. The number of aromatic carboxylic acids is 1. The topological polar surface area (TPSA) is 54.6 Å². The molecular formula is C13H13F3N2O2. The number of aryl methyl sites for hydroxylation is 1. The van der Waals surface area contributed by atoms with Gasteiger partial charge in [-0.3, -0.25) is 4.40 Å². The first-order valence-electron chi connectivity index (χ1n) is 6.16. The van der Waals surface area contributed by atoms with Gasteiger partial charge < -0.3 is 5.11 Å². The highest BCUT2D eigenvalue weighted by Crippen LogP contribution is 2.30.